The summed E-state index contributed by atoms with van der Waals surface area (Å²) in [4.78, 5) is 17.9. The molecule has 3 rings (SSSR count). The summed E-state index contributed by atoms with van der Waals surface area (Å²) < 4.78 is 7.04. The number of ether oxygens (including phenoxy) is 1. The van der Waals surface area contributed by atoms with Crippen LogP contribution < -0.4 is 4.74 Å². The normalized spacial score (nSPS) is 10.8. The molecule has 0 aliphatic rings. The fourth-order valence-corrected chi connectivity index (χ4v) is 2.90. The van der Waals surface area contributed by atoms with Gasteiger partial charge in [-0.2, -0.15) is 0 Å². The van der Waals surface area contributed by atoms with Crippen LogP contribution in [0.25, 0.3) is 16.2 Å². The maximum absolute atomic E-state index is 11.4. The maximum atomic E-state index is 11.4. The first-order chi connectivity index (χ1) is 9.22. The highest BCUT2D eigenvalue weighted by molar-refractivity contribution is 7.17. The zero-order chi connectivity index (χ0) is 13.4. The third-order valence-corrected chi connectivity index (χ3v) is 3.83. The average Bonchev–Trinajstić information content (AvgIpc) is 2.94. The highest BCUT2D eigenvalue weighted by Crippen LogP contribution is 2.29. The lowest BCUT2D eigenvalue weighted by Crippen LogP contribution is -1.91. The maximum Gasteiger partial charge on any atom is 0.195 e. The molecule has 0 aliphatic carbocycles. The van der Waals surface area contributed by atoms with Gasteiger partial charge in [-0.1, -0.05) is 12.1 Å². The Bertz CT molecular complexity index is 758. The molecule has 4 nitrogen and oxygen atoms in total. The minimum absolute atomic E-state index is 0.576. The van der Waals surface area contributed by atoms with Crippen LogP contribution in [0.3, 0.4) is 0 Å². The van der Waals surface area contributed by atoms with E-state index < -0.39 is 0 Å². The van der Waals surface area contributed by atoms with Crippen LogP contribution in [0.1, 0.15) is 15.4 Å². The lowest BCUT2D eigenvalue weighted by molar-refractivity contribution is 0.111. The monoisotopic (exact) mass is 272 g/mol. The Morgan fingerprint density at radius 3 is 3.00 bits per heavy atom. The number of aldehydes is 1. The van der Waals surface area contributed by atoms with Crippen LogP contribution in [0.4, 0.5) is 0 Å². The zero-order valence-corrected chi connectivity index (χ0v) is 11.4. The quantitative estimate of drug-likeness (QED) is 0.688. The molecule has 0 unspecified atom stereocenters. The number of fused-ring (bicyclic) bond motifs is 1. The lowest BCUT2D eigenvalue weighted by Gasteiger charge is -2.02. The summed E-state index contributed by atoms with van der Waals surface area (Å²) in [6.07, 6.45) is 2.78. The van der Waals surface area contributed by atoms with E-state index in [4.69, 9.17) is 4.74 Å². The molecule has 0 saturated heterocycles. The van der Waals surface area contributed by atoms with Crippen molar-refractivity contribution in [2.45, 2.75) is 6.92 Å². The minimum atomic E-state index is 0.576. The second kappa shape index (κ2) is 4.51. The van der Waals surface area contributed by atoms with E-state index in [1.165, 1.54) is 0 Å². The molecular weight excluding hydrogens is 260 g/mol. The number of carbonyl (C=O) groups excluding carboxylic acids is 1. The van der Waals surface area contributed by atoms with Crippen LogP contribution >= 0.6 is 11.3 Å². The van der Waals surface area contributed by atoms with E-state index in [2.05, 4.69) is 4.98 Å². The van der Waals surface area contributed by atoms with Gasteiger partial charge in [-0.3, -0.25) is 9.20 Å². The van der Waals surface area contributed by atoms with Crippen LogP contribution in [-0.4, -0.2) is 22.8 Å². The third kappa shape index (κ3) is 1.92. The molecule has 2 heterocycles. The Labute approximate surface area is 114 Å². The summed E-state index contributed by atoms with van der Waals surface area (Å²) in [5.41, 5.74) is 2.16. The average molecular weight is 272 g/mol. The van der Waals surface area contributed by atoms with Gasteiger partial charge in [0, 0.05) is 16.6 Å². The van der Waals surface area contributed by atoms with Crippen molar-refractivity contribution < 1.29 is 9.53 Å². The Morgan fingerprint density at radius 2 is 2.26 bits per heavy atom. The van der Waals surface area contributed by atoms with Gasteiger partial charge in [-0.25, -0.2) is 4.98 Å². The number of rotatable bonds is 3. The van der Waals surface area contributed by atoms with Gasteiger partial charge < -0.3 is 4.74 Å². The van der Waals surface area contributed by atoms with E-state index in [1.54, 1.807) is 18.4 Å². The molecule has 3 aromatic rings. The van der Waals surface area contributed by atoms with E-state index in [1.807, 2.05) is 41.8 Å². The van der Waals surface area contributed by atoms with E-state index in [0.29, 0.717) is 11.4 Å². The number of hydrogen-bond donors (Lipinski definition) is 0. The molecule has 96 valence electrons. The van der Waals surface area contributed by atoms with Crippen molar-refractivity contribution >= 4 is 22.6 Å². The molecule has 19 heavy (non-hydrogen) atoms. The number of nitrogens with zero attached hydrogens (tertiary/aromatic N) is 2. The largest absolute Gasteiger partial charge is 0.497 e. The molecule has 0 atom stereocenters. The molecule has 0 bridgehead atoms. The molecule has 0 amide bonds. The molecule has 0 saturated carbocycles. The molecule has 5 heteroatoms. The van der Waals surface area contributed by atoms with Gasteiger partial charge in [0.2, 0.25) is 0 Å². The summed E-state index contributed by atoms with van der Waals surface area (Å²) in [6.45, 7) is 2.00. The fraction of sp³-hybridized carbons (Fsp3) is 0.143. The van der Waals surface area contributed by atoms with Crippen LogP contribution in [0, 0.1) is 6.92 Å². The fourth-order valence-electron chi connectivity index (χ4n) is 2.07. The highest BCUT2D eigenvalue weighted by atomic mass is 32.1. The molecule has 0 N–H and O–H groups in total. The number of aryl methyl sites for hydroxylation is 1. The number of aromatic nitrogens is 2. The van der Waals surface area contributed by atoms with Gasteiger partial charge in [0.25, 0.3) is 0 Å². The van der Waals surface area contributed by atoms with E-state index in [9.17, 15) is 4.79 Å². The third-order valence-electron chi connectivity index (χ3n) is 2.93. The number of methoxy groups -OCH3 is 1. The van der Waals surface area contributed by atoms with Crippen molar-refractivity contribution in [3.63, 3.8) is 0 Å². The number of hydrogen-bond acceptors (Lipinski definition) is 4. The smallest absolute Gasteiger partial charge is 0.195 e. The number of thiazole rings is 1. The van der Waals surface area contributed by atoms with E-state index in [-0.39, 0.29) is 0 Å². The molecule has 0 fully saturated rings. The number of carbonyl (C=O) groups is 1. The molecule has 2 aromatic heterocycles. The van der Waals surface area contributed by atoms with Crippen molar-refractivity contribution in [3.8, 4) is 17.0 Å². The van der Waals surface area contributed by atoms with Gasteiger partial charge in [-0.05, 0) is 19.1 Å². The zero-order valence-electron chi connectivity index (χ0n) is 10.6. The Hall–Kier alpha value is -2.14. The topological polar surface area (TPSA) is 43.6 Å². The van der Waals surface area contributed by atoms with Gasteiger partial charge >= 0.3 is 0 Å². The van der Waals surface area contributed by atoms with Gasteiger partial charge in [0.05, 0.1) is 7.11 Å². The van der Waals surface area contributed by atoms with Crippen molar-refractivity contribution in [1.82, 2.24) is 9.38 Å². The van der Waals surface area contributed by atoms with E-state index >= 15 is 0 Å². The van der Waals surface area contributed by atoms with E-state index in [0.717, 1.165) is 27.4 Å². The van der Waals surface area contributed by atoms with Crippen molar-refractivity contribution in [3.05, 3.63) is 41.0 Å². The summed E-state index contributed by atoms with van der Waals surface area (Å²) in [5, 5.41) is 0. The summed E-state index contributed by atoms with van der Waals surface area (Å²) in [7, 11) is 1.62. The minimum Gasteiger partial charge on any atom is -0.497 e. The highest BCUT2D eigenvalue weighted by Gasteiger charge is 2.15. The Morgan fingerprint density at radius 1 is 1.42 bits per heavy atom. The number of benzene rings is 1. The van der Waals surface area contributed by atoms with Crippen LogP contribution in [0.5, 0.6) is 5.75 Å². The van der Waals surface area contributed by atoms with Crippen LogP contribution in [-0.2, 0) is 0 Å². The van der Waals surface area contributed by atoms with Crippen molar-refractivity contribution in [2.24, 2.45) is 0 Å². The SMILES string of the molecule is COc1cccc(-c2nc3sc(C)cn3c2C=O)c1. The van der Waals surface area contributed by atoms with Crippen molar-refractivity contribution in [2.75, 3.05) is 7.11 Å². The summed E-state index contributed by atoms with van der Waals surface area (Å²) in [5.74, 6) is 0.752. The van der Waals surface area contributed by atoms with Gasteiger partial charge in [0.1, 0.15) is 17.1 Å². The molecule has 0 aliphatic heterocycles. The summed E-state index contributed by atoms with van der Waals surface area (Å²) in [6, 6.07) is 7.56. The molecular formula is C14H12N2O2S. The lowest BCUT2D eigenvalue weighted by atomic mass is 10.1. The second-order valence-corrected chi connectivity index (χ2v) is 5.40. The first-order valence-corrected chi connectivity index (χ1v) is 6.62. The van der Waals surface area contributed by atoms with Gasteiger partial charge in [-0.15, -0.1) is 11.3 Å². The van der Waals surface area contributed by atoms with Crippen LogP contribution in [0.15, 0.2) is 30.5 Å². The standard InChI is InChI=1S/C14H12N2O2S/c1-9-7-16-12(8-17)13(15-14(16)19-9)10-4-3-5-11(6-10)18-2/h3-8H,1-2H3. The molecule has 1 aromatic carbocycles. The molecule has 0 radical (unpaired) electrons. The Kier molecular flexibility index (Phi) is 2.83. The number of imidazole rings is 1. The first-order valence-electron chi connectivity index (χ1n) is 5.81. The predicted molar refractivity (Wildman–Crippen MR) is 75.2 cm³/mol. The van der Waals surface area contributed by atoms with Crippen LogP contribution in [0.2, 0.25) is 0 Å². The predicted octanol–water partition coefficient (Wildman–Crippen LogP) is 3.19. The Balaban J connectivity index is 2.23. The van der Waals surface area contributed by atoms with Gasteiger partial charge in [0.15, 0.2) is 11.2 Å². The van der Waals surface area contributed by atoms with Crippen molar-refractivity contribution in [1.29, 1.82) is 0 Å². The summed E-state index contributed by atoms with van der Waals surface area (Å²) >= 11 is 1.57. The molecule has 0 spiro atoms. The first kappa shape index (κ1) is 11.9. The second-order valence-electron chi connectivity index (χ2n) is 4.19.